The Bertz CT molecular complexity index is 1060. The highest BCUT2D eigenvalue weighted by atomic mass is 16.5. The maximum Gasteiger partial charge on any atom is 0.289 e. The Kier molecular flexibility index (Phi) is 6.36. The van der Waals surface area contributed by atoms with Crippen LogP contribution >= 0.6 is 0 Å². The maximum absolute atomic E-state index is 12.4. The van der Waals surface area contributed by atoms with Crippen LogP contribution in [-0.4, -0.2) is 43.6 Å². The number of benzene rings is 2. The number of hydrogen-bond donors (Lipinski definition) is 2. The Morgan fingerprint density at radius 2 is 1.70 bits per heavy atom. The summed E-state index contributed by atoms with van der Waals surface area (Å²) in [4.78, 5) is 12.4. The number of H-pyrrole nitrogens is 1. The molecule has 8 nitrogen and oxygen atoms in total. The second-order valence-electron chi connectivity index (χ2n) is 6.61. The van der Waals surface area contributed by atoms with Gasteiger partial charge in [0, 0.05) is 17.7 Å². The van der Waals surface area contributed by atoms with Gasteiger partial charge >= 0.3 is 0 Å². The first-order chi connectivity index (χ1) is 14.5. The smallest absolute Gasteiger partial charge is 0.289 e. The monoisotopic (exact) mass is 408 g/mol. The third-order valence-corrected chi connectivity index (χ3v) is 4.74. The third-order valence-electron chi connectivity index (χ3n) is 4.74. The second-order valence-corrected chi connectivity index (χ2v) is 6.61. The molecule has 1 amide bonds. The van der Waals surface area contributed by atoms with E-state index in [0.717, 1.165) is 11.1 Å². The van der Waals surface area contributed by atoms with Gasteiger partial charge in [-0.15, -0.1) is 0 Å². The molecule has 1 heterocycles. The van der Waals surface area contributed by atoms with E-state index in [-0.39, 0.29) is 0 Å². The first kappa shape index (κ1) is 20.9. The van der Waals surface area contributed by atoms with Crippen LogP contribution in [0, 0.1) is 13.8 Å². The zero-order chi connectivity index (χ0) is 21.7. The fourth-order valence-corrected chi connectivity index (χ4v) is 2.86. The molecule has 0 bridgehead atoms. The summed E-state index contributed by atoms with van der Waals surface area (Å²) in [7, 11) is 4.62. The molecule has 0 spiro atoms. The van der Waals surface area contributed by atoms with Gasteiger partial charge in [-0.25, -0.2) is 5.43 Å². The molecular weight excluding hydrogens is 384 g/mol. The number of nitrogens with one attached hydrogen (secondary N) is 2. The number of methoxy groups -OCH3 is 3. The number of hydrogen-bond acceptors (Lipinski definition) is 6. The van der Waals surface area contributed by atoms with Gasteiger partial charge in [0.05, 0.1) is 38.8 Å². The lowest BCUT2D eigenvalue weighted by Gasteiger charge is -2.12. The van der Waals surface area contributed by atoms with E-state index < -0.39 is 5.91 Å². The van der Waals surface area contributed by atoms with Crippen molar-refractivity contribution in [3.63, 3.8) is 0 Å². The van der Waals surface area contributed by atoms with Gasteiger partial charge in [0.25, 0.3) is 5.91 Å². The molecular formula is C22H24N4O4. The molecule has 0 aliphatic rings. The highest BCUT2D eigenvalue weighted by Gasteiger charge is 2.13. The minimum Gasteiger partial charge on any atom is -0.496 e. The van der Waals surface area contributed by atoms with Crippen molar-refractivity contribution in [1.82, 2.24) is 15.6 Å². The van der Waals surface area contributed by atoms with Crippen molar-refractivity contribution < 1.29 is 19.0 Å². The molecule has 1 aromatic heterocycles. The quantitative estimate of drug-likeness (QED) is 0.461. The molecule has 0 saturated heterocycles. The number of rotatable bonds is 7. The maximum atomic E-state index is 12.4. The lowest BCUT2D eigenvalue weighted by Crippen LogP contribution is -2.18. The Labute approximate surface area is 174 Å². The normalized spacial score (nSPS) is 10.8. The molecule has 2 N–H and O–H groups in total. The van der Waals surface area contributed by atoms with Gasteiger partial charge in [-0.2, -0.15) is 10.2 Å². The highest BCUT2D eigenvalue weighted by Crippen LogP contribution is 2.32. The predicted molar refractivity (Wildman–Crippen MR) is 115 cm³/mol. The number of aromatic nitrogens is 2. The van der Waals surface area contributed by atoms with E-state index in [0.29, 0.717) is 34.2 Å². The Morgan fingerprint density at radius 1 is 1.00 bits per heavy atom. The highest BCUT2D eigenvalue weighted by molar-refractivity contribution is 5.95. The van der Waals surface area contributed by atoms with Crippen LogP contribution in [-0.2, 0) is 0 Å². The van der Waals surface area contributed by atoms with Crippen molar-refractivity contribution in [3.05, 3.63) is 58.8 Å². The van der Waals surface area contributed by atoms with Crippen LogP contribution in [0.2, 0.25) is 0 Å². The lowest BCUT2D eigenvalue weighted by atomic mass is 10.0. The fourth-order valence-electron chi connectivity index (χ4n) is 2.86. The van der Waals surface area contributed by atoms with Crippen molar-refractivity contribution >= 4 is 12.1 Å². The molecule has 0 saturated carbocycles. The summed E-state index contributed by atoms with van der Waals surface area (Å²) in [5.41, 5.74) is 7.33. The molecule has 156 valence electrons. The first-order valence-electron chi connectivity index (χ1n) is 9.23. The van der Waals surface area contributed by atoms with Gasteiger partial charge in [0.2, 0.25) is 0 Å². The van der Waals surface area contributed by atoms with Crippen LogP contribution in [0.25, 0.3) is 11.3 Å². The van der Waals surface area contributed by atoms with E-state index in [1.54, 1.807) is 25.3 Å². The second kappa shape index (κ2) is 9.13. The zero-order valence-corrected chi connectivity index (χ0v) is 17.6. The Morgan fingerprint density at radius 3 is 2.30 bits per heavy atom. The molecule has 0 unspecified atom stereocenters. The SMILES string of the molecule is COc1cc(OC)c(/C=N\NC(=O)c2cc(-c3ccc(C)c(C)c3)n[nH]2)c(OC)c1. The van der Waals surface area contributed by atoms with E-state index in [9.17, 15) is 4.79 Å². The zero-order valence-electron chi connectivity index (χ0n) is 17.6. The van der Waals surface area contributed by atoms with E-state index >= 15 is 0 Å². The van der Waals surface area contributed by atoms with E-state index in [4.69, 9.17) is 14.2 Å². The molecule has 0 aliphatic carbocycles. The standard InChI is InChI=1S/C22H24N4O4/c1-13-6-7-15(8-14(13)2)18-11-19(25-24-18)22(27)26-23-12-17-20(29-4)9-16(28-3)10-21(17)30-5/h6-12H,1-5H3,(H,24,25)(H,26,27)/b23-12-. The van der Waals surface area contributed by atoms with Gasteiger partial charge < -0.3 is 14.2 Å². The molecule has 0 aliphatic heterocycles. The number of carbonyl (C=O) groups excluding carboxylic acids is 1. The summed E-state index contributed by atoms with van der Waals surface area (Å²) in [6.07, 6.45) is 1.45. The van der Waals surface area contributed by atoms with Crippen LogP contribution in [0.5, 0.6) is 17.2 Å². The molecule has 8 heteroatoms. The van der Waals surface area contributed by atoms with E-state index in [1.165, 1.54) is 26.0 Å². The first-order valence-corrected chi connectivity index (χ1v) is 9.23. The molecule has 0 atom stereocenters. The van der Waals surface area contributed by atoms with Gasteiger partial charge in [-0.3, -0.25) is 9.89 Å². The molecule has 3 rings (SSSR count). The van der Waals surface area contributed by atoms with E-state index in [2.05, 4.69) is 20.7 Å². The van der Waals surface area contributed by atoms with Crippen molar-refractivity contribution in [2.24, 2.45) is 5.10 Å². The van der Waals surface area contributed by atoms with Gasteiger partial charge in [-0.05, 0) is 37.1 Å². The van der Waals surface area contributed by atoms with Crippen LogP contribution in [0.1, 0.15) is 27.2 Å². The van der Waals surface area contributed by atoms with Crippen molar-refractivity contribution in [2.75, 3.05) is 21.3 Å². The van der Waals surface area contributed by atoms with Crippen LogP contribution in [0.15, 0.2) is 41.5 Å². The Balaban J connectivity index is 1.76. The predicted octanol–water partition coefficient (Wildman–Crippen LogP) is 3.48. The van der Waals surface area contributed by atoms with Crippen molar-refractivity contribution in [2.45, 2.75) is 13.8 Å². The molecule has 2 aromatic carbocycles. The Hall–Kier alpha value is -3.81. The summed E-state index contributed by atoms with van der Waals surface area (Å²) >= 11 is 0. The third kappa shape index (κ3) is 4.43. The topological polar surface area (TPSA) is 97.8 Å². The van der Waals surface area contributed by atoms with E-state index in [1.807, 2.05) is 32.0 Å². The molecule has 3 aromatic rings. The summed E-state index contributed by atoms with van der Waals surface area (Å²) in [5.74, 6) is 1.17. The largest absolute Gasteiger partial charge is 0.496 e. The minimum atomic E-state index is -0.416. The number of aromatic amines is 1. The molecule has 0 fully saturated rings. The van der Waals surface area contributed by atoms with Crippen LogP contribution in [0.4, 0.5) is 0 Å². The van der Waals surface area contributed by atoms with Crippen LogP contribution < -0.4 is 19.6 Å². The van der Waals surface area contributed by atoms with Gasteiger partial charge in [0.1, 0.15) is 22.9 Å². The number of amides is 1. The number of ether oxygens (including phenoxy) is 3. The van der Waals surface area contributed by atoms with Crippen molar-refractivity contribution in [1.29, 1.82) is 0 Å². The number of carbonyl (C=O) groups is 1. The lowest BCUT2D eigenvalue weighted by molar-refractivity contribution is 0.0950. The summed E-state index contributed by atoms with van der Waals surface area (Å²) in [6, 6.07) is 11.1. The summed E-state index contributed by atoms with van der Waals surface area (Å²) < 4.78 is 15.9. The van der Waals surface area contributed by atoms with Crippen molar-refractivity contribution in [3.8, 4) is 28.5 Å². The number of nitrogens with zero attached hydrogens (tertiary/aromatic N) is 2. The van der Waals surface area contributed by atoms with Crippen LogP contribution in [0.3, 0.4) is 0 Å². The van der Waals surface area contributed by atoms with Gasteiger partial charge in [0.15, 0.2) is 0 Å². The fraction of sp³-hybridized carbons (Fsp3) is 0.227. The minimum absolute atomic E-state index is 0.300. The summed E-state index contributed by atoms with van der Waals surface area (Å²) in [6.45, 7) is 4.09. The molecule has 0 radical (unpaired) electrons. The van der Waals surface area contributed by atoms with Gasteiger partial charge in [-0.1, -0.05) is 12.1 Å². The summed E-state index contributed by atoms with van der Waals surface area (Å²) in [5, 5.41) is 11.0. The molecule has 30 heavy (non-hydrogen) atoms. The number of hydrazone groups is 1. The number of aryl methyl sites for hydroxylation is 2. The average Bonchev–Trinajstić information content (AvgIpc) is 3.25. The average molecular weight is 408 g/mol.